The predicted molar refractivity (Wildman–Crippen MR) is 125 cm³/mol. The Morgan fingerprint density at radius 1 is 1.03 bits per heavy atom. The molecule has 1 saturated carbocycles. The molecule has 2 aromatic rings. The van der Waals surface area contributed by atoms with Crippen molar-refractivity contribution in [3.05, 3.63) is 66.2 Å². The molecule has 2 fully saturated rings. The van der Waals surface area contributed by atoms with Crippen molar-refractivity contribution < 1.29 is 23.9 Å². The molecule has 4 unspecified atom stereocenters. The van der Waals surface area contributed by atoms with Crippen molar-refractivity contribution in [1.82, 2.24) is 5.01 Å². The molecule has 8 heteroatoms. The van der Waals surface area contributed by atoms with Gasteiger partial charge in [-0.3, -0.25) is 14.4 Å². The summed E-state index contributed by atoms with van der Waals surface area (Å²) < 4.78 is 11.3. The molecule has 0 radical (unpaired) electrons. The van der Waals surface area contributed by atoms with Gasteiger partial charge < -0.3 is 14.8 Å². The molecule has 174 valence electrons. The first-order chi connectivity index (χ1) is 16.5. The Morgan fingerprint density at radius 3 is 2.41 bits per heavy atom. The van der Waals surface area contributed by atoms with Gasteiger partial charge in [-0.2, -0.15) is 10.1 Å². The summed E-state index contributed by atoms with van der Waals surface area (Å²) in [6, 6.07) is 14.2. The zero-order valence-corrected chi connectivity index (χ0v) is 18.7. The molecule has 2 aromatic carbocycles. The minimum Gasteiger partial charge on any atom is -0.490 e. The first-order valence-corrected chi connectivity index (χ1v) is 11.4. The summed E-state index contributed by atoms with van der Waals surface area (Å²) in [5.41, 5.74) is 1.33. The molecule has 5 rings (SSSR count). The molecule has 0 aromatic heterocycles. The largest absolute Gasteiger partial charge is 0.490 e. The number of carbonyl (C=O) groups excluding carboxylic acids is 3. The van der Waals surface area contributed by atoms with E-state index in [1.165, 1.54) is 6.21 Å². The van der Waals surface area contributed by atoms with Crippen LogP contribution in [0.15, 0.2) is 65.8 Å². The second kappa shape index (κ2) is 9.13. The second-order valence-corrected chi connectivity index (χ2v) is 8.57. The Hall–Kier alpha value is -3.94. The lowest BCUT2D eigenvalue weighted by atomic mass is 9.85. The number of nitrogens with one attached hydrogen (secondary N) is 1. The van der Waals surface area contributed by atoms with E-state index in [4.69, 9.17) is 9.47 Å². The fraction of sp³-hybridized carbons (Fsp3) is 0.308. The molecule has 1 heterocycles. The number of rotatable bonds is 8. The average Bonchev–Trinajstić information content (AvgIpc) is 3.52. The summed E-state index contributed by atoms with van der Waals surface area (Å²) in [7, 11) is 0. The summed E-state index contributed by atoms with van der Waals surface area (Å²) in [6.07, 6.45) is 6.46. The SMILES string of the molecule is CCOc1cc(C=NN2C(=O)C3C4C=CC(C4)C3C2=O)ccc1OCC(=O)Nc1ccccc1. The Labute approximate surface area is 197 Å². The van der Waals surface area contributed by atoms with Gasteiger partial charge in [-0.15, -0.1) is 0 Å². The van der Waals surface area contributed by atoms with Crippen LogP contribution >= 0.6 is 0 Å². The molecule has 4 atom stereocenters. The van der Waals surface area contributed by atoms with Gasteiger partial charge >= 0.3 is 0 Å². The molecule has 1 N–H and O–H groups in total. The molecular weight excluding hydrogens is 434 g/mol. The van der Waals surface area contributed by atoms with Gasteiger partial charge in [0, 0.05) is 5.69 Å². The number of hydrogen-bond donors (Lipinski definition) is 1. The first kappa shape index (κ1) is 21.9. The lowest BCUT2D eigenvalue weighted by molar-refractivity contribution is -0.140. The number of ether oxygens (including phenoxy) is 2. The molecule has 2 aliphatic carbocycles. The minimum atomic E-state index is -0.292. The van der Waals surface area contributed by atoms with E-state index in [-0.39, 0.29) is 48.0 Å². The van der Waals surface area contributed by atoms with Crippen molar-refractivity contribution in [1.29, 1.82) is 0 Å². The number of anilines is 1. The Balaban J connectivity index is 1.25. The molecule has 3 aliphatic rings. The number of carbonyl (C=O) groups is 3. The van der Waals surface area contributed by atoms with Crippen molar-refractivity contribution in [2.24, 2.45) is 28.8 Å². The van der Waals surface area contributed by atoms with Crippen molar-refractivity contribution >= 4 is 29.6 Å². The maximum atomic E-state index is 12.8. The average molecular weight is 460 g/mol. The fourth-order valence-electron chi connectivity index (χ4n) is 4.98. The van der Waals surface area contributed by atoms with Gasteiger partial charge in [0.05, 0.1) is 24.7 Å². The van der Waals surface area contributed by atoms with E-state index >= 15 is 0 Å². The Bertz CT molecular complexity index is 1150. The topological polar surface area (TPSA) is 97.3 Å². The summed E-state index contributed by atoms with van der Waals surface area (Å²) >= 11 is 0. The quantitative estimate of drug-likeness (QED) is 0.371. The number of nitrogens with zero attached hydrogens (tertiary/aromatic N) is 2. The van der Waals surface area contributed by atoms with Crippen LogP contribution in [0.1, 0.15) is 18.9 Å². The van der Waals surface area contributed by atoms with Gasteiger partial charge in [-0.05, 0) is 61.1 Å². The molecule has 1 aliphatic heterocycles. The highest BCUT2D eigenvalue weighted by molar-refractivity contribution is 6.06. The summed E-state index contributed by atoms with van der Waals surface area (Å²) in [5, 5.41) is 7.98. The molecule has 0 spiro atoms. The van der Waals surface area contributed by atoms with Gasteiger partial charge in [-0.1, -0.05) is 30.4 Å². The highest BCUT2D eigenvalue weighted by Gasteiger charge is 2.59. The standard InChI is InChI=1S/C26H25N3O5/c1-2-33-21-12-16(8-11-20(21)34-15-22(30)28-19-6-4-3-5-7-19)14-27-29-25(31)23-17-9-10-18(13-17)24(23)26(29)32/h3-12,14,17-18,23-24H,2,13,15H2,1H3,(H,28,30). The molecule has 1 saturated heterocycles. The van der Waals surface area contributed by atoms with E-state index in [0.717, 1.165) is 11.4 Å². The Kier molecular flexibility index (Phi) is 5.88. The van der Waals surface area contributed by atoms with Gasteiger partial charge in [0.15, 0.2) is 18.1 Å². The maximum Gasteiger partial charge on any atom is 0.262 e. The maximum absolute atomic E-state index is 12.8. The van der Waals surface area contributed by atoms with E-state index in [2.05, 4.69) is 22.6 Å². The highest BCUT2D eigenvalue weighted by Crippen LogP contribution is 2.52. The van der Waals surface area contributed by atoms with Crippen molar-refractivity contribution in [3.63, 3.8) is 0 Å². The number of amides is 3. The van der Waals surface area contributed by atoms with Crippen molar-refractivity contribution in [2.45, 2.75) is 13.3 Å². The van der Waals surface area contributed by atoms with Crippen LogP contribution in [-0.2, 0) is 14.4 Å². The van der Waals surface area contributed by atoms with Gasteiger partial charge in [-0.25, -0.2) is 0 Å². The van der Waals surface area contributed by atoms with Crippen molar-refractivity contribution in [2.75, 3.05) is 18.5 Å². The van der Waals surface area contributed by atoms with Crippen LogP contribution in [0.3, 0.4) is 0 Å². The van der Waals surface area contributed by atoms with E-state index in [1.54, 1.807) is 30.3 Å². The predicted octanol–water partition coefficient (Wildman–Crippen LogP) is 3.24. The highest BCUT2D eigenvalue weighted by atomic mass is 16.5. The van der Waals surface area contributed by atoms with E-state index in [9.17, 15) is 14.4 Å². The smallest absolute Gasteiger partial charge is 0.262 e. The van der Waals surface area contributed by atoms with E-state index < -0.39 is 0 Å². The molecular formula is C26H25N3O5. The van der Waals surface area contributed by atoms with Gasteiger partial charge in [0.2, 0.25) is 0 Å². The fourth-order valence-corrected chi connectivity index (χ4v) is 4.98. The third kappa shape index (κ3) is 4.07. The third-order valence-corrected chi connectivity index (χ3v) is 6.45. The van der Waals surface area contributed by atoms with E-state index in [1.807, 2.05) is 25.1 Å². The van der Waals surface area contributed by atoms with Crippen LogP contribution in [-0.4, -0.2) is 42.2 Å². The van der Waals surface area contributed by atoms with Crippen LogP contribution in [0.2, 0.25) is 0 Å². The molecule has 2 bridgehead atoms. The number of para-hydroxylation sites is 1. The lowest BCUT2D eigenvalue weighted by Crippen LogP contribution is -2.28. The van der Waals surface area contributed by atoms with Gasteiger partial charge in [0.1, 0.15) is 0 Å². The molecule has 3 amide bonds. The zero-order valence-electron chi connectivity index (χ0n) is 18.7. The molecule has 34 heavy (non-hydrogen) atoms. The summed E-state index contributed by atoms with van der Waals surface area (Å²) in [4.78, 5) is 37.8. The Morgan fingerprint density at radius 2 is 1.74 bits per heavy atom. The monoisotopic (exact) mass is 459 g/mol. The van der Waals surface area contributed by atoms with Crippen LogP contribution in [0, 0.1) is 23.7 Å². The lowest BCUT2D eigenvalue weighted by Gasteiger charge is -2.13. The second-order valence-electron chi connectivity index (χ2n) is 8.57. The van der Waals surface area contributed by atoms with Crippen LogP contribution < -0.4 is 14.8 Å². The van der Waals surface area contributed by atoms with Gasteiger partial charge in [0.25, 0.3) is 17.7 Å². The third-order valence-electron chi connectivity index (χ3n) is 6.45. The van der Waals surface area contributed by atoms with Crippen molar-refractivity contribution in [3.8, 4) is 11.5 Å². The van der Waals surface area contributed by atoms with E-state index in [0.29, 0.717) is 29.4 Å². The number of fused-ring (bicyclic) bond motifs is 5. The zero-order chi connectivity index (χ0) is 23.7. The number of allylic oxidation sites excluding steroid dienone is 2. The number of imide groups is 1. The molecule has 8 nitrogen and oxygen atoms in total. The van der Waals surface area contributed by atoms with Crippen LogP contribution in [0.4, 0.5) is 5.69 Å². The first-order valence-electron chi connectivity index (χ1n) is 11.4. The number of benzene rings is 2. The number of hydrogen-bond acceptors (Lipinski definition) is 6. The summed E-state index contributed by atoms with van der Waals surface area (Å²) in [6.45, 7) is 2.06. The normalized spacial score (nSPS) is 24.7. The van der Waals surface area contributed by atoms with Crippen LogP contribution in [0.5, 0.6) is 11.5 Å². The number of hydrazone groups is 1. The van der Waals surface area contributed by atoms with Crippen LogP contribution in [0.25, 0.3) is 0 Å². The summed E-state index contributed by atoms with van der Waals surface area (Å²) in [5.74, 6) is -0.161. The minimum absolute atomic E-state index is 0.145.